The molecule has 1 aromatic heterocycles. The Hall–Kier alpha value is -4.19. The highest BCUT2D eigenvalue weighted by atomic mass is 16.5. The molecule has 164 valence electrons. The third kappa shape index (κ3) is 4.15. The maximum atomic E-state index is 13.2. The van der Waals surface area contributed by atoms with Crippen molar-refractivity contribution in [2.45, 2.75) is 19.1 Å². The van der Waals surface area contributed by atoms with Crippen molar-refractivity contribution in [3.63, 3.8) is 0 Å². The second-order valence-electron chi connectivity index (χ2n) is 8.10. The topological polar surface area (TPSA) is 64.4 Å². The zero-order valence-electron chi connectivity index (χ0n) is 18.2. The van der Waals surface area contributed by atoms with Crippen LogP contribution in [0.5, 0.6) is 0 Å². The van der Waals surface area contributed by atoms with Gasteiger partial charge in [0.05, 0.1) is 16.9 Å². The van der Waals surface area contributed by atoms with Gasteiger partial charge in [-0.1, -0.05) is 66.7 Å². The number of para-hydroxylation sites is 1. The quantitative estimate of drug-likeness (QED) is 0.437. The van der Waals surface area contributed by atoms with Crippen LogP contribution in [0, 0.1) is 0 Å². The fourth-order valence-electron chi connectivity index (χ4n) is 4.13. The van der Waals surface area contributed by atoms with Gasteiger partial charge in [-0.15, -0.1) is 0 Å². The first-order valence-corrected chi connectivity index (χ1v) is 10.8. The average molecular weight is 437 g/mol. The summed E-state index contributed by atoms with van der Waals surface area (Å²) in [4.78, 5) is 27.2. The van der Waals surface area contributed by atoms with E-state index in [-0.39, 0.29) is 5.91 Å². The number of benzene rings is 3. The highest BCUT2D eigenvalue weighted by molar-refractivity contribution is 5.95. The molecule has 0 bridgehead atoms. The third-order valence-corrected chi connectivity index (χ3v) is 5.81. The Morgan fingerprint density at radius 3 is 2.42 bits per heavy atom. The van der Waals surface area contributed by atoms with Gasteiger partial charge in [0.1, 0.15) is 0 Å². The molecule has 0 spiro atoms. The first kappa shape index (κ1) is 20.7. The third-order valence-electron chi connectivity index (χ3n) is 5.81. The zero-order chi connectivity index (χ0) is 22.8. The Balaban J connectivity index is 1.42. The van der Waals surface area contributed by atoms with Crippen molar-refractivity contribution in [1.82, 2.24) is 14.7 Å². The number of rotatable bonds is 5. The minimum atomic E-state index is -0.832. The number of hydrogen-bond donors (Lipinski definition) is 0. The molecule has 5 rings (SSSR count). The van der Waals surface area contributed by atoms with Crippen LogP contribution in [0.1, 0.15) is 21.5 Å². The summed E-state index contributed by atoms with van der Waals surface area (Å²) < 4.78 is 7.30. The number of cyclic esters (lactones) is 1. The van der Waals surface area contributed by atoms with Crippen molar-refractivity contribution in [1.29, 1.82) is 0 Å². The largest absolute Gasteiger partial charge is 0.448 e. The van der Waals surface area contributed by atoms with Gasteiger partial charge >= 0.3 is 5.97 Å². The molecule has 2 heterocycles. The van der Waals surface area contributed by atoms with Gasteiger partial charge in [-0.05, 0) is 23.8 Å². The van der Waals surface area contributed by atoms with Crippen LogP contribution in [0.2, 0.25) is 0 Å². The minimum absolute atomic E-state index is 0.232. The Labute approximate surface area is 192 Å². The summed E-state index contributed by atoms with van der Waals surface area (Å²) in [6, 6.07) is 27.0. The number of carbonyl (C=O) groups is 2. The van der Waals surface area contributed by atoms with Gasteiger partial charge in [-0.3, -0.25) is 4.79 Å². The van der Waals surface area contributed by atoms with Crippen LogP contribution in [0.4, 0.5) is 0 Å². The number of carbonyl (C=O) groups excluding carboxylic acids is 2. The number of amides is 1. The van der Waals surface area contributed by atoms with Crippen molar-refractivity contribution in [3.8, 4) is 16.9 Å². The second kappa shape index (κ2) is 8.74. The molecule has 0 N–H and O–H groups in total. The van der Waals surface area contributed by atoms with E-state index in [0.29, 0.717) is 18.5 Å². The first-order valence-electron chi connectivity index (χ1n) is 10.8. The van der Waals surface area contributed by atoms with Crippen molar-refractivity contribution in [2.75, 3.05) is 7.05 Å². The zero-order valence-corrected chi connectivity index (χ0v) is 18.2. The molecule has 6 nitrogen and oxygen atoms in total. The summed E-state index contributed by atoms with van der Waals surface area (Å²) in [5.74, 6) is -0.685. The van der Waals surface area contributed by atoms with Gasteiger partial charge in [0.15, 0.2) is 6.10 Å². The summed E-state index contributed by atoms with van der Waals surface area (Å²) in [7, 11) is 1.73. The van der Waals surface area contributed by atoms with E-state index in [1.807, 2.05) is 83.7 Å². The van der Waals surface area contributed by atoms with Gasteiger partial charge in [0.2, 0.25) is 0 Å². The molecule has 0 aliphatic carbocycles. The second-order valence-corrected chi connectivity index (χ2v) is 8.10. The Morgan fingerprint density at radius 1 is 1.00 bits per heavy atom. The molecule has 1 amide bonds. The maximum Gasteiger partial charge on any atom is 0.339 e. The van der Waals surface area contributed by atoms with Gasteiger partial charge < -0.3 is 9.64 Å². The molecular weight excluding hydrogens is 414 g/mol. The highest BCUT2D eigenvalue weighted by Crippen LogP contribution is 2.26. The minimum Gasteiger partial charge on any atom is -0.448 e. The summed E-state index contributed by atoms with van der Waals surface area (Å²) in [5.41, 5.74) is 4.99. The smallest absolute Gasteiger partial charge is 0.339 e. The highest BCUT2D eigenvalue weighted by Gasteiger charge is 2.33. The number of ether oxygens (including phenoxy) is 1. The molecule has 4 aromatic rings. The van der Waals surface area contributed by atoms with E-state index in [9.17, 15) is 9.59 Å². The molecule has 0 fully saturated rings. The van der Waals surface area contributed by atoms with Crippen LogP contribution in [0.15, 0.2) is 91.1 Å². The van der Waals surface area contributed by atoms with Crippen LogP contribution in [-0.2, 0) is 22.5 Å². The van der Waals surface area contributed by atoms with Gasteiger partial charge in [0.25, 0.3) is 5.91 Å². The fourth-order valence-corrected chi connectivity index (χ4v) is 4.13. The molecule has 6 heteroatoms. The van der Waals surface area contributed by atoms with Gasteiger partial charge in [-0.25, -0.2) is 9.48 Å². The van der Waals surface area contributed by atoms with E-state index in [4.69, 9.17) is 9.84 Å². The van der Waals surface area contributed by atoms with Gasteiger partial charge in [0, 0.05) is 37.3 Å². The molecule has 1 aliphatic heterocycles. The maximum absolute atomic E-state index is 13.2. The summed E-state index contributed by atoms with van der Waals surface area (Å²) >= 11 is 0. The number of nitrogens with zero attached hydrogens (tertiary/aromatic N) is 3. The number of likely N-dealkylation sites (N-methyl/N-ethyl adjacent to an activating group) is 1. The lowest BCUT2D eigenvalue weighted by atomic mass is 9.98. The number of aromatic nitrogens is 2. The lowest BCUT2D eigenvalue weighted by Crippen LogP contribution is -2.42. The fraction of sp³-hybridized carbons (Fsp3) is 0.148. The Kier molecular flexibility index (Phi) is 5.48. The molecular formula is C27H23N3O3. The van der Waals surface area contributed by atoms with Crippen molar-refractivity contribution >= 4 is 11.9 Å². The molecule has 33 heavy (non-hydrogen) atoms. The van der Waals surface area contributed by atoms with Gasteiger partial charge in [-0.2, -0.15) is 5.10 Å². The number of fused-ring (bicyclic) bond motifs is 1. The van der Waals surface area contributed by atoms with E-state index >= 15 is 0 Å². The van der Waals surface area contributed by atoms with Crippen molar-refractivity contribution in [3.05, 3.63) is 108 Å². The molecule has 3 aromatic carbocycles. The standard InChI is InChI=1S/C27H23N3O3/c1-29(26(31)24-16-20-12-8-9-15-23(20)27(32)33-24)17-21-18-30(22-13-6-3-7-14-22)28-25(21)19-10-4-2-5-11-19/h2-15,18,24H,16-17H2,1H3/t24-/m0/s1. The monoisotopic (exact) mass is 437 g/mol. The number of esters is 1. The predicted molar refractivity (Wildman–Crippen MR) is 125 cm³/mol. The predicted octanol–water partition coefficient (Wildman–Crippen LogP) is 4.28. The summed E-state index contributed by atoms with van der Waals surface area (Å²) in [5, 5.41) is 4.81. The summed E-state index contributed by atoms with van der Waals surface area (Å²) in [6.07, 6.45) is 1.49. The SMILES string of the molecule is CN(Cc1cn(-c2ccccc2)nc1-c1ccccc1)C(=O)[C@@H]1Cc2ccccc2C(=O)O1. The molecule has 0 radical (unpaired) electrons. The van der Waals surface area contributed by atoms with E-state index in [0.717, 1.165) is 28.1 Å². The molecule has 0 saturated heterocycles. The first-order chi connectivity index (χ1) is 16.1. The van der Waals surface area contributed by atoms with Crippen molar-refractivity contribution < 1.29 is 14.3 Å². The lowest BCUT2D eigenvalue weighted by Gasteiger charge is -2.27. The number of hydrogen-bond acceptors (Lipinski definition) is 4. The van der Waals surface area contributed by atoms with Crippen LogP contribution in [0.3, 0.4) is 0 Å². The van der Waals surface area contributed by atoms with E-state index in [1.54, 1.807) is 24.1 Å². The Morgan fingerprint density at radius 2 is 1.67 bits per heavy atom. The van der Waals surface area contributed by atoms with Crippen molar-refractivity contribution in [2.24, 2.45) is 0 Å². The molecule has 0 saturated carbocycles. The van der Waals surface area contributed by atoms with Crippen LogP contribution >= 0.6 is 0 Å². The van der Waals surface area contributed by atoms with Crippen LogP contribution < -0.4 is 0 Å². The van der Waals surface area contributed by atoms with Crippen LogP contribution in [0.25, 0.3) is 16.9 Å². The molecule has 1 aliphatic rings. The van der Waals surface area contributed by atoms with E-state index < -0.39 is 12.1 Å². The molecule has 1 atom stereocenters. The molecule has 0 unspecified atom stereocenters. The summed E-state index contributed by atoms with van der Waals surface area (Å²) in [6.45, 7) is 0.339. The average Bonchev–Trinajstić information content (AvgIpc) is 3.28. The van der Waals surface area contributed by atoms with Crippen LogP contribution in [-0.4, -0.2) is 39.7 Å². The lowest BCUT2D eigenvalue weighted by molar-refractivity contribution is -0.140. The van der Waals surface area contributed by atoms with E-state index in [2.05, 4.69) is 0 Å². The Bertz CT molecular complexity index is 1300. The normalized spacial score (nSPS) is 14.9. The van der Waals surface area contributed by atoms with E-state index in [1.165, 1.54) is 0 Å².